The quantitative estimate of drug-likeness (QED) is 0.119. The van der Waals surface area contributed by atoms with E-state index in [9.17, 15) is 0 Å². The van der Waals surface area contributed by atoms with Crippen molar-refractivity contribution in [3.8, 4) is 0 Å². The van der Waals surface area contributed by atoms with E-state index in [1.807, 2.05) is 6.08 Å². The van der Waals surface area contributed by atoms with Crippen LogP contribution >= 0.6 is 0 Å². The highest BCUT2D eigenvalue weighted by Crippen LogP contribution is 2.40. The van der Waals surface area contributed by atoms with Crippen molar-refractivity contribution in [2.75, 3.05) is 23.4 Å². The molecule has 0 saturated heterocycles. The van der Waals surface area contributed by atoms with E-state index in [2.05, 4.69) is 188 Å². The van der Waals surface area contributed by atoms with E-state index < -0.39 is 0 Å². The fourth-order valence-corrected chi connectivity index (χ4v) is 6.98. The van der Waals surface area contributed by atoms with Gasteiger partial charge in [0.25, 0.3) is 0 Å². The van der Waals surface area contributed by atoms with Crippen molar-refractivity contribution >= 4 is 55.1 Å². The number of anilines is 4. The lowest BCUT2D eigenvalue weighted by Crippen LogP contribution is -2.25. The van der Waals surface area contributed by atoms with Gasteiger partial charge in [0.1, 0.15) is 0 Å². The number of nitrogens with zero attached hydrogens (tertiary/aromatic N) is 2. The van der Waals surface area contributed by atoms with Crippen molar-refractivity contribution in [1.29, 1.82) is 0 Å². The second-order valence-electron chi connectivity index (χ2n) is 12.2. The Hall–Kier alpha value is -5.60. The lowest BCUT2D eigenvalue weighted by Gasteiger charge is -2.31. The van der Waals surface area contributed by atoms with Crippen LogP contribution in [0, 0.1) is 5.92 Å². The Balaban J connectivity index is 1.29. The Morgan fingerprint density at radius 1 is 0.745 bits per heavy atom. The topological polar surface area (TPSA) is 6.48 Å². The highest BCUT2D eigenvalue weighted by molar-refractivity contribution is 6.12. The van der Waals surface area contributed by atoms with Crippen molar-refractivity contribution < 1.29 is 0 Å². The summed E-state index contributed by atoms with van der Waals surface area (Å²) in [6.07, 6.45) is 16.2. The zero-order valence-corrected chi connectivity index (χ0v) is 27.2. The van der Waals surface area contributed by atoms with Crippen LogP contribution in [0.1, 0.15) is 13.3 Å². The summed E-state index contributed by atoms with van der Waals surface area (Å²) in [7, 11) is 2.19. The first kappa shape index (κ1) is 30.1. The summed E-state index contributed by atoms with van der Waals surface area (Å²) >= 11 is 0. The molecule has 6 aromatic rings. The summed E-state index contributed by atoms with van der Waals surface area (Å²) in [5.41, 5.74) is 7.23. The highest BCUT2D eigenvalue weighted by atomic mass is 15.1. The zero-order chi connectivity index (χ0) is 32.2. The van der Waals surface area contributed by atoms with Crippen molar-refractivity contribution in [3.63, 3.8) is 0 Å². The van der Waals surface area contributed by atoms with E-state index in [0.717, 1.165) is 18.7 Å². The molecule has 0 aliphatic heterocycles. The third kappa shape index (κ3) is 6.03. The fourth-order valence-electron chi connectivity index (χ4n) is 6.98. The average Bonchev–Trinajstić information content (AvgIpc) is 3.12. The summed E-state index contributed by atoms with van der Waals surface area (Å²) in [5.74, 6) is 0.344. The zero-order valence-electron chi connectivity index (χ0n) is 27.2. The molecule has 2 heteroatoms. The van der Waals surface area contributed by atoms with Crippen LogP contribution in [0.2, 0.25) is 0 Å². The molecule has 7 rings (SSSR count). The normalized spacial score (nSPS) is 15.0. The fraction of sp³-hybridized carbons (Fsp3) is 0.111. The Labute approximate surface area is 278 Å². The first-order valence-electron chi connectivity index (χ1n) is 16.5. The average molecular weight is 609 g/mol. The Bertz CT molecular complexity index is 2140. The second kappa shape index (κ2) is 13.4. The lowest BCUT2D eigenvalue weighted by molar-refractivity contribution is 0.654. The molecule has 0 amide bonds. The van der Waals surface area contributed by atoms with Crippen LogP contribution in [0.5, 0.6) is 0 Å². The van der Waals surface area contributed by atoms with Gasteiger partial charge in [-0.2, -0.15) is 0 Å². The standard InChI is InChI=1S/C45H40N2/c1-4-14-34(15-5-2)36-21-12-16-33(30-36)32-47(44-25-13-20-35-17-6-9-22-41(35)44)40-28-26-39(27-29-40)46(3)45-42-23-10-7-18-37(42)31-38-19-8-11-24-43(38)45/h4-15,17-31,33H,1,16,32H2,2-3H3/b15-5-,34-14+. The van der Waals surface area contributed by atoms with Crippen LogP contribution in [-0.4, -0.2) is 13.6 Å². The van der Waals surface area contributed by atoms with Gasteiger partial charge >= 0.3 is 0 Å². The molecule has 0 radical (unpaired) electrons. The van der Waals surface area contributed by atoms with E-state index >= 15 is 0 Å². The smallest absolute Gasteiger partial charge is 0.0567 e. The van der Waals surface area contributed by atoms with Gasteiger partial charge in [-0.05, 0) is 83.0 Å². The minimum Gasteiger partial charge on any atom is -0.344 e. The van der Waals surface area contributed by atoms with Gasteiger partial charge in [0, 0.05) is 46.8 Å². The first-order valence-corrected chi connectivity index (χ1v) is 16.5. The predicted octanol–water partition coefficient (Wildman–Crippen LogP) is 12.2. The van der Waals surface area contributed by atoms with E-state index in [1.54, 1.807) is 0 Å². The summed E-state index contributed by atoms with van der Waals surface area (Å²) in [6, 6.07) is 44.1. The van der Waals surface area contributed by atoms with Gasteiger partial charge < -0.3 is 9.80 Å². The van der Waals surface area contributed by atoms with Crippen LogP contribution in [0.25, 0.3) is 32.3 Å². The number of rotatable bonds is 9. The molecule has 0 saturated carbocycles. The number of hydrogen-bond acceptors (Lipinski definition) is 2. The number of hydrogen-bond donors (Lipinski definition) is 0. The monoisotopic (exact) mass is 608 g/mol. The Morgan fingerprint density at radius 2 is 1.36 bits per heavy atom. The van der Waals surface area contributed by atoms with Crippen molar-refractivity contribution in [2.24, 2.45) is 5.92 Å². The third-order valence-corrected chi connectivity index (χ3v) is 9.23. The maximum Gasteiger partial charge on any atom is 0.0567 e. The van der Waals surface area contributed by atoms with Crippen molar-refractivity contribution in [2.45, 2.75) is 13.3 Å². The molecule has 0 spiro atoms. The SMILES string of the molecule is C=C/C=C(\C=C/C)C1=CC(CN(c2ccc(N(C)c3c4ccccc4cc4ccccc34)cc2)c2cccc3ccccc23)CC=C1. The summed E-state index contributed by atoms with van der Waals surface area (Å²) in [6.45, 7) is 6.87. The molecule has 0 fully saturated rings. The molecule has 1 unspecified atom stereocenters. The molecule has 47 heavy (non-hydrogen) atoms. The maximum atomic E-state index is 3.95. The van der Waals surface area contributed by atoms with Gasteiger partial charge in [0.15, 0.2) is 0 Å². The van der Waals surface area contributed by atoms with Gasteiger partial charge in [-0.3, -0.25) is 0 Å². The summed E-state index contributed by atoms with van der Waals surface area (Å²) in [4.78, 5) is 4.84. The molecule has 2 nitrogen and oxygen atoms in total. The number of benzene rings is 6. The minimum atomic E-state index is 0.344. The second-order valence-corrected chi connectivity index (χ2v) is 12.2. The van der Waals surface area contributed by atoms with Gasteiger partial charge in [-0.15, -0.1) is 0 Å². The van der Waals surface area contributed by atoms with Crippen molar-refractivity contribution in [3.05, 3.63) is 182 Å². The van der Waals surface area contributed by atoms with Crippen LogP contribution < -0.4 is 9.80 Å². The molecule has 0 N–H and O–H groups in total. The molecule has 1 atom stereocenters. The summed E-state index contributed by atoms with van der Waals surface area (Å²) in [5, 5.41) is 7.52. The van der Waals surface area contributed by atoms with Crippen LogP contribution in [-0.2, 0) is 0 Å². The van der Waals surface area contributed by atoms with Crippen LogP contribution in [0.4, 0.5) is 22.7 Å². The predicted molar refractivity (Wildman–Crippen MR) is 205 cm³/mol. The minimum absolute atomic E-state index is 0.344. The molecule has 0 heterocycles. The largest absolute Gasteiger partial charge is 0.344 e. The molecule has 0 bridgehead atoms. The third-order valence-electron chi connectivity index (χ3n) is 9.23. The van der Waals surface area contributed by atoms with Gasteiger partial charge in [0.05, 0.1) is 5.69 Å². The van der Waals surface area contributed by atoms with Gasteiger partial charge in [0.2, 0.25) is 0 Å². The molecule has 1 aliphatic rings. The Morgan fingerprint density at radius 3 is 2.04 bits per heavy atom. The number of fused-ring (bicyclic) bond motifs is 3. The summed E-state index contributed by atoms with van der Waals surface area (Å²) < 4.78 is 0. The van der Waals surface area contributed by atoms with E-state index in [0.29, 0.717) is 5.92 Å². The molecule has 230 valence electrons. The molecule has 1 aliphatic carbocycles. The van der Waals surface area contributed by atoms with Crippen LogP contribution in [0.15, 0.2) is 182 Å². The van der Waals surface area contributed by atoms with Crippen molar-refractivity contribution in [1.82, 2.24) is 0 Å². The highest BCUT2D eigenvalue weighted by Gasteiger charge is 2.20. The first-order chi connectivity index (χ1) is 23.1. The molecule has 6 aromatic carbocycles. The molecular formula is C45H40N2. The molecule has 0 aromatic heterocycles. The van der Waals surface area contributed by atoms with E-state index in [1.165, 1.54) is 60.5 Å². The van der Waals surface area contributed by atoms with Crippen LogP contribution in [0.3, 0.4) is 0 Å². The number of allylic oxidation sites excluding steroid dienone is 8. The molecular weight excluding hydrogens is 569 g/mol. The Kier molecular flexibility index (Phi) is 8.58. The maximum absolute atomic E-state index is 3.95. The van der Waals surface area contributed by atoms with Gasteiger partial charge in [-0.1, -0.05) is 134 Å². The lowest BCUT2D eigenvalue weighted by atomic mass is 9.91. The van der Waals surface area contributed by atoms with Gasteiger partial charge in [-0.25, -0.2) is 0 Å². The van der Waals surface area contributed by atoms with E-state index in [-0.39, 0.29) is 0 Å². The van der Waals surface area contributed by atoms with E-state index in [4.69, 9.17) is 0 Å².